The molecule has 5 heteroatoms. The Morgan fingerprint density at radius 2 is 1.81 bits per heavy atom. The molecule has 0 N–H and O–H groups in total. The number of alkyl halides is 4. The van der Waals surface area contributed by atoms with Gasteiger partial charge in [-0.3, -0.25) is 0 Å². The number of hydrogen-bond acceptors (Lipinski definition) is 1. The van der Waals surface area contributed by atoms with E-state index in [1.807, 2.05) is 4.90 Å². The number of halogens is 4. The molecule has 0 aromatic heterocycles. The zero-order chi connectivity index (χ0) is 11.8. The van der Waals surface area contributed by atoms with Gasteiger partial charge in [-0.25, -0.2) is 0 Å². The van der Waals surface area contributed by atoms with E-state index in [1.165, 1.54) is 12.1 Å². The van der Waals surface area contributed by atoms with E-state index in [1.54, 1.807) is 0 Å². The monoisotopic (exact) mass is 249 g/mol. The molecule has 1 aromatic carbocycles. The average Bonchev–Trinajstić information content (AvgIpc) is 2.64. The van der Waals surface area contributed by atoms with Gasteiger partial charge >= 0.3 is 6.18 Å². The summed E-state index contributed by atoms with van der Waals surface area (Å²) < 4.78 is 37.0. The summed E-state index contributed by atoms with van der Waals surface area (Å²) in [4.78, 5) is 2.00. The Morgan fingerprint density at radius 3 is 2.25 bits per heavy atom. The molecule has 2 rings (SSSR count). The van der Waals surface area contributed by atoms with Crippen molar-refractivity contribution < 1.29 is 13.2 Å². The SMILES string of the molecule is FC(F)(F)c1ccc(N2CCC(Cl)C2)cc1. The van der Waals surface area contributed by atoms with E-state index in [0.717, 1.165) is 30.8 Å². The zero-order valence-electron chi connectivity index (χ0n) is 8.47. The smallest absolute Gasteiger partial charge is 0.370 e. The van der Waals surface area contributed by atoms with Crippen molar-refractivity contribution in [1.82, 2.24) is 0 Å². The van der Waals surface area contributed by atoms with Gasteiger partial charge in [0.15, 0.2) is 0 Å². The summed E-state index contributed by atoms with van der Waals surface area (Å²) in [6, 6.07) is 5.21. The van der Waals surface area contributed by atoms with Gasteiger partial charge in [-0.15, -0.1) is 11.6 Å². The minimum Gasteiger partial charge on any atom is -0.370 e. The summed E-state index contributed by atoms with van der Waals surface area (Å²) in [6.45, 7) is 1.51. The molecule has 0 amide bonds. The van der Waals surface area contributed by atoms with Gasteiger partial charge in [0.05, 0.1) is 10.9 Å². The third kappa shape index (κ3) is 2.43. The molecule has 0 aliphatic carbocycles. The van der Waals surface area contributed by atoms with E-state index in [-0.39, 0.29) is 5.38 Å². The lowest BCUT2D eigenvalue weighted by molar-refractivity contribution is -0.137. The van der Waals surface area contributed by atoms with Crippen molar-refractivity contribution in [2.45, 2.75) is 18.0 Å². The lowest BCUT2D eigenvalue weighted by Crippen LogP contribution is -2.19. The Balaban J connectivity index is 2.14. The fourth-order valence-corrected chi connectivity index (χ4v) is 2.08. The molecule has 1 unspecified atom stereocenters. The van der Waals surface area contributed by atoms with Crippen LogP contribution in [0.1, 0.15) is 12.0 Å². The second-order valence-corrected chi connectivity index (χ2v) is 4.49. The van der Waals surface area contributed by atoms with Crippen LogP contribution < -0.4 is 4.90 Å². The molecule has 0 spiro atoms. The Bertz CT molecular complexity index is 360. The van der Waals surface area contributed by atoms with Crippen LogP contribution in [0.4, 0.5) is 18.9 Å². The van der Waals surface area contributed by atoms with Gasteiger partial charge in [0.2, 0.25) is 0 Å². The molecule has 0 radical (unpaired) electrons. The first-order valence-corrected chi connectivity index (χ1v) is 5.47. The highest BCUT2D eigenvalue weighted by Gasteiger charge is 2.30. The zero-order valence-corrected chi connectivity index (χ0v) is 9.22. The summed E-state index contributed by atoms with van der Waals surface area (Å²) in [5, 5.41) is 0.0993. The third-order valence-corrected chi connectivity index (χ3v) is 3.05. The van der Waals surface area contributed by atoms with Crippen LogP contribution in [0.25, 0.3) is 0 Å². The lowest BCUT2D eigenvalue weighted by atomic mass is 10.2. The van der Waals surface area contributed by atoms with Crippen molar-refractivity contribution in [1.29, 1.82) is 0 Å². The highest BCUT2D eigenvalue weighted by Crippen LogP contribution is 2.31. The number of rotatable bonds is 1. The van der Waals surface area contributed by atoms with E-state index in [4.69, 9.17) is 11.6 Å². The molecule has 1 fully saturated rings. The summed E-state index contributed by atoms with van der Waals surface area (Å²) in [5.41, 5.74) is 0.189. The standard InChI is InChI=1S/C11H11ClF3N/c12-9-5-6-16(7-9)10-3-1-8(2-4-10)11(13,14)15/h1-4,9H,5-7H2. The molecule has 16 heavy (non-hydrogen) atoms. The number of hydrogen-bond donors (Lipinski definition) is 0. The maximum atomic E-state index is 12.3. The van der Waals surface area contributed by atoms with Crippen molar-refractivity contribution in [3.8, 4) is 0 Å². The van der Waals surface area contributed by atoms with Gasteiger partial charge in [0.1, 0.15) is 0 Å². The quantitative estimate of drug-likeness (QED) is 0.689. The van der Waals surface area contributed by atoms with Crippen LogP contribution in [0, 0.1) is 0 Å². The Labute approximate surface area is 96.8 Å². The Kier molecular flexibility index (Phi) is 3.02. The predicted octanol–water partition coefficient (Wildman–Crippen LogP) is 3.52. The maximum absolute atomic E-state index is 12.3. The topological polar surface area (TPSA) is 3.24 Å². The molecule has 0 bridgehead atoms. The van der Waals surface area contributed by atoms with Crippen molar-refractivity contribution in [2.24, 2.45) is 0 Å². The van der Waals surface area contributed by atoms with Crippen LogP contribution in [-0.2, 0) is 6.18 Å². The fraction of sp³-hybridized carbons (Fsp3) is 0.455. The molecule has 1 aliphatic heterocycles. The average molecular weight is 250 g/mol. The van der Waals surface area contributed by atoms with Crippen LogP contribution in [0.2, 0.25) is 0 Å². The maximum Gasteiger partial charge on any atom is 0.416 e. The van der Waals surface area contributed by atoms with Crippen LogP contribution >= 0.6 is 11.6 Å². The molecular formula is C11H11ClF3N. The first-order chi connectivity index (χ1) is 7.47. The van der Waals surface area contributed by atoms with Crippen LogP contribution in [0.5, 0.6) is 0 Å². The number of benzene rings is 1. The van der Waals surface area contributed by atoms with Crippen LogP contribution in [0.3, 0.4) is 0 Å². The van der Waals surface area contributed by atoms with Gasteiger partial charge in [0, 0.05) is 18.8 Å². The van der Waals surface area contributed by atoms with Crippen molar-refractivity contribution >= 4 is 17.3 Å². The minimum atomic E-state index is -4.27. The largest absolute Gasteiger partial charge is 0.416 e. The highest BCUT2D eigenvalue weighted by atomic mass is 35.5. The summed E-state index contributed by atoms with van der Waals surface area (Å²) in [7, 11) is 0. The predicted molar refractivity (Wildman–Crippen MR) is 57.9 cm³/mol. The molecule has 1 saturated heterocycles. The first-order valence-electron chi connectivity index (χ1n) is 5.03. The van der Waals surface area contributed by atoms with E-state index >= 15 is 0 Å². The van der Waals surface area contributed by atoms with Crippen molar-refractivity contribution in [3.63, 3.8) is 0 Å². The highest BCUT2D eigenvalue weighted by molar-refractivity contribution is 6.21. The summed E-state index contributed by atoms with van der Waals surface area (Å²) in [6.07, 6.45) is -3.39. The van der Waals surface area contributed by atoms with Gasteiger partial charge in [0.25, 0.3) is 0 Å². The fourth-order valence-electron chi connectivity index (χ4n) is 1.81. The summed E-state index contributed by atoms with van der Waals surface area (Å²) in [5.74, 6) is 0. The van der Waals surface area contributed by atoms with E-state index in [2.05, 4.69) is 0 Å². The number of anilines is 1. The van der Waals surface area contributed by atoms with Crippen LogP contribution in [-0.4, -0.2) is 18.5 Å². The van der Waals surface area contributed by atoms with Gasteiger partial charge < -0.3 is 4.90 Å². The molecule has 1 aliphatic rings. The molecule has 1 nitrogen and oxygen atoms in total. The van der Waals surface area contributed by atoms with Gasteiger partial charge in [-0.1, -0.05) is 0 Å². The minimum absolute atomic E-state index is 0.0993. The Hall–Kier alpha value is -0.900. The number of nitrogens with zero attached hydrogens (tertiary/aromatic N) is 1. The normalized spacial score (nSPS) is 21.5. The van der Waals surface area contributed by atoms with E-state index in [0.29, 0.717) is 6.54 Å². The van der Waals surface area contributed by atoms with E-state index in [9.17, 15) is 13.2 Å². The molecule has 1 atom stereocenters. The molecule has 1 aromatic rings. The van der Waals surface area contributed by atoms with Crippen LogP contribution in [0.15, 0.2) is 24.3 Å². The molecule has 88 valence electrons. The van der Waals surface area contributed by atoms with Gasteiger partial charge in [-0.05, 0) is 30.7 Å². The second-order valence-electron chi connectivity index (χ2n) is 3.88. The second kappa shape index (κ2) is 4.17. The van der Waals surface area contributed by atoms with Crippen molar-refractivity contribution in [3.05, 3.63) is 29.8 Å². The third-order valence-electron chi connectivity index (χ3n) is 2.69. The molecule has 1 heterocycles. The van der Waals surface area contributed by atoms with E-state index < -0.39 is 11.7 Å². The molecule has 0 saturated carbocycles. The summed E-state index contributed by atoms with van der Waals surface area (Å²) >= 11 is 5.94. The van der Waals surface area contributed by atoms with Gasteiger partial charge in [-0.2, -0.15) is 13.2 Å². The lowest BCUT2D eigenvalue weighted by Gasteiger charge is -2.18. The first kappa shape index (κ1) is 11.6. The van der Waals surface area contributed by atoms with Crippen molar-refractivity contribution in [2.75, 3.05) is 18.0 Å². The Morgan fingerprint density at radius 1 is 1.19 bits per heavy atom. The molecular weight excluding hydrogens is 239 g/mol.